The van der Waals surface area contributed by atoms with Gasteiger partial charge in [-0.25, -0.2) is 4.39 Å². The first-order chi connectivity index (χ1) is 18.4. The molecule has 1 amide bonds. The Morgan fingerprint density at radius 1 is 1.23 bits per heavy atom. The molecule has 1 fully saturated rings. The van der Waals surface area contributed by atoms with Crippen LogP contribution in [0.4, 0.5) is 4.39 Å². The lowest BCUT2D eigenvalue weighted by Gasteiger charge is -2.40. The maximum Gasteiger partial charge on any atom is 0.257 e. The van der Waals surface area contributed by atoms with Gasteiger partial charge in [0.15, 0.2) is 5.72 Å². The topological polar surface area (TPSA) is 107 Å². The predicted molar refractivity (Wildman–Crippen MR) is 142 cm³/mol. The van der Waals surface area contributed by atoms with E-state index < -0.39 is 34.6 Å². The number of carbonyl (C=O) groups excluding carboxylic acids is 1. The molecule has 1 saturated carbocycles. The van der Waals surface area contributed by atoms with Crippen molar-refractivity contribution in [3.63, 3.8) is 0 Å². The smallest absolute Gasteiger partial charge is 0.257 e. The Balaban J connectivity index is 1.73. The third-order valence-corrected chi connectivity index (χ3v) is 8.10. The number of amides is 1. The molecule has 0 radical (unpaired) electrons. The highest BCUT2D eigenvalue weighted by molar-refractivity contribution is 6.30. The molecule has 2 atom stereocenters. The first-order valence-electron chi connectivity index (χ1n) is 12.7. The molecule has 0 saturated heterocycles. The van der Waals surface area contributed by atoms with Crippen LogP contribution in [0.5, 0.6) is 0 Å². The third kappa shape index (κ3) is 4.70. The number of nitriles is 1. The van der Waals surface area contributed by atoms with E-state index in [2.05, 4.69) is 4.98 Å². The van der Waals surface area contributed by atoms with E-state index in [1.54, 1.807) is 43.3 Å². The number of ether oxygens (including phenoxy) is 1. The number of aliphatic hydroxyl groups excluding tert-OH is 1. The summed E-state index contributed by atoms with van der Waals surface area (Å²) in [7, 11) is 0. The lowest BCUT2D eigenvalue weighted by atomic mass is 9.88. The number of hydrogen-bond acceptors (Lipinski definition) is 6. The van der Waals surface area contributed by atoms with Gasteiger partial charge in [0.1, 0.15) is 11.9 Å². The minimum atomic E-state index is -1.71. The largest absolute Gasteiger partial charge is 0.393 e. The molecule has 0 bridgehead atoms. The second kappa shape index (κ2) is 9.68. The van der Waals surface area contributed by atoms with Crippen molar-refractivity contribution < 1.29 is 24.1 Å². The maximum absolute atomic E-state index is 16.2. The Hall–Kier alpha value is -3.35. The van der Waals surface area contributed by atoms with E-state index in [1.165, 1.54) is 37.1 Å². The predicted octanol–water partition coefficient (Wildman–Crippen LogP) is 5.01. The van der Waals surface area contributed by atoms with Gasteiger partial charge in [0.2, 0.25) is 0 Å². The van der Waals surface area contributed by atoms with E-state index >= 15 is 4.39 Å². The summed E-state index contributed by atoms with van der Waals surface area (Å²) in [5, 5.41) is 30.7. The zero-order valence-electron chi connectivity index (χ0n) is 21.9. The quantitative estimate of drug-likeness (QED) is 0.409. The van der Waals surface area contributed by atoms with Gasteiger partial charge in [0.25, 0.3) is 5.91 Å². The van der Waals surface area contributed by atoms with Gasteiger partial charge < -0.3 is 14.9 Å². The number of pyridine rings is 1. The molecule has 1 aromatic heterocycles. The fourth-order valence-corrected chi connectivity index (χ4v) is 5.25. The number of nitrogens with zero attached hydrogens (tertiary/aromatic N) is 3. The van der Waals surface area contributed by atoms with Crippen LogP contribution in [0.2, 0.25) is 5.02 Å². The van der Waals surface area contributed by atoms with Crippen LogP contribution in [0.25, 0.3) is 0 Å². The van der Waals surface area contributed by atoms with E-state index in [9.17, 15) is 20.3 Å². The molecule has 5 rings (SSSR count). The van der Waals surface area contributed by atoms with Crippen molar-refractivity contribution in [1.29, 1.82) is 5.26 Å². The second-order valence-corrected chi connectivity index (χ2v) is 11.4. The van der Waals surface area contributed by atoms with Gasteiger partial charge in [-0.3, -0.25) is 14.7 Å². The summed E-state index contributed by atoms with van der Waals surface area (Å²) >= 11 is 6.20. The number of fused-ring (bicyclic) bond motifs is 1. The molecule has 7 nitrogen and oxygen atoms in total. The van der Waals surface area contributed by atoms with Crippen LogP contribution in [-0.2, 0) is 22.6 Å². The van der Waals surface area contributed by atoms with Crippen molar-refractivity contribution in [2.24, 2.45) is 5.41 Å². The normalized spacial score (nSPS) is 20.5. The molecular weight excluding hydrogens is 521 g/mol. The van der Waals surface area contributed by atoms with Crippen LogP contribution >= 0.6 is 11.6 Å². The van der Waals surface area contributed by atoms with E-state index in [0.717, 1.165) is 12.8 Å². The Bertz CT molecular complexity index is 1460. The first kappa shape index (κ1) is 27.2. The molecule has 202 valence electrons. The van der Waals surface area contributed by atoms with Crippen molar-refractivity contribution in [2.75, 3.05) is 6.61 Å². The molecule has 1 unspecified atom stereocenters. The number of aliphatic hydroxyl groups is 2. The zero-order chi connectivity index (χ0) is 28.2. The minimum absolute atomic E-state index is 0.0258. The van der Waals surface area contributed by atoms with Crippen molar-refractivity contribution >= 4 is 17.5 Å². The first-order valence-corrected chi connectivity index (χ1v) is 13.1. The van der Waals surface area contributed by atoms with E-state index in [4.69, 9.17) is 16.3 Å². The molecular formula is C30H29ClFN3O4. The Kier molecular flexibility index (Phi) is 6.76. The van der Waals surface area contributed by atoms with Gasteiger partial charge in [-0.1, -0.05) is 23.7 Å². The van der Waals surface area contributed by atoms with Crippen molar-refractivity contribution in [3.05, 3.63) is 99.1 Å². The summed E-state index contributed by atoms with van der Waals surface area (Å²) in [5.74, 6) is -1.21. The highest BCUT2D eigenvalue weighted by atomic mass is 35.5. The van der Waals surface area contributed by atoms with Crippen LogP contribution in [0.15, 0.2) is 54.7 Å². The summed E-state index contributed by atoms with van der Waals surface area (Å²) in [6.45, 7) is 4.77. The van der Waals surface area contributed by atoms with Gasteiger partial charge >= 0.3 is 0 Å². The van der Waals surface area contributed by atoms with Crippen molar-refractivity contribution in [1.82, 2.24) is 9.88 Å². The summed E-state index contributed by atoms with van der Waals surface area (Å²) < 4.78 is 22.9. The molecule has 1 aliphatic carbocycles. The van der Waals surface area contributed by atoms with Crippen molar-refractivity contribution in [3.8, 4) is 6.07 Å². The number of carbonyl (C=O) groups is 1. The maximum atomic E-state index is 16.2. The molecule has 2 aliphatic rings. The summed E-state index contributed by atoms with van der Waals surface area (Å²) in [5.41, 5.74) is -1.96. The summed E-state index contributed by atoms with van der Waals surface area (Å²) in [6.07, 6.45) is 2.22. The molecule has 9 heteroatoms. The Labute approximate surface area is 231 Å². The van der Waals surface area contributed by atoms with Crippen LogP contribution < -0.4 is 0 Å². The lowest BCUT2D eigenvalue weighted by molar-refractivity contribution is -0.136. The fourth-order valence-electron chi connectivity index (χ4n) is 5.13. The standard InChI is InChI=1S/C30H29ClFN3O4/c1-18(36)29(10-11-29)17-39-30(20-5-7-22(31)8-6-20)26-24(12-21(13-25(26)32)28(2,3)38)27(37)35(30)16-23-9-4-19(14-33)15-34-23/h4-9,12-13,15,18,36,38H,10-11,16-17H2,1-3H3/t18?,30-/m1/s1. The molecule has 2 heterocycles. The molecule has 2 N–H and O–H groups in total. The average Bonchev–Trinajstić information content (AvgIpc) is 3.66. The highest BCUT2D eigenvalue weighted by Gasteiger charge is 2.57. The number of halogens is 2. The monoisotopic (exact) mass is 549 g/mol. The highest BCUT2D eigenvalue weighted by Crippen LogP contribution is 2.53. The van der Waals surface area contributed by atoms with Gasteiger partial charge in [-0.2, -0.15) is 5.26 Å². The van der Waals surface area contributed by atoms with Gasteiger partial charge in [-0.05, 0) is 75.6 Å². The second-order valence-electron chi connectivity index (χ2n) is 11.0. The van der Waals surface area contributed by atoms with Gasteiger partial charge in [0.05, 0.1) is 47.2 Å². The van der Waals surface area contributed by atoms with Crippen molar-refractivity contribution in [2.45, 2.75) is 57.6 Å². The minimum Gasteiger partial charge on any atom is -0.393 e. The Morgan fingerprint density at radius 2 is 1.92 bits per heavy atom. The summed E-state index contributed by atoms with van der Waals surface area (Å²) in [4.78, 5) is 19.9. The molecule has 0 spiro atoms. The number of benzene rings is 2. The number of rotatable bonds is 8. The van der Waals surface area contributed by atoms with Crippen LogP contribution in [0.1, 0.15) is 71.9 Å². The number of aromatic nitrogens is 1. The van der Waals surface area contributed by atoms with E-state index in [0.29, 0.717) is 21.8 Å². The molecule has 2 aromatic carbocycles. The van der Waals surface area contributed by atoms with Gasteiger partial charge in [-0.15, -0.1) is 0 Å². The molecule has 3 aromatic rings. The third-order valence-electron chi connectivity index (χ3n) is 7.85. The lowest BCUT2D eigenvalue weighted by Crippen LogP contribution is -2.48. The SMILES string of the molecule is CC(O)C1(CO[C@]2(c3ccc(Cl)cc3)c3c(F)cc(C(C)(C)O)cc3C(=O)N2Cc2ccc(C#N)cn2)CC1. The molecule has 1 aliphatic heterocycles. The van der Waals surface area contributed by atoms with E-state index in [-0.39, 0.29) is 29.8 Å². The molecule has 39 heavy (non-hydrogen) atoms. The van der Waals surface area contributed by atoms with E-state index in [1.807, 2.05) is 6.07 Å². The number of hydrogen-bond donors (Lipinski definition) is 2. The van der Waals surface area contributed by atoms with Crippen LogP contribution in [0, 0.1) is 22.6 Å². The Morgan fingerprint density at radius 3 is 2.46 bits per heavy atom. The van der Waals surface area contributed by atoms with Crippen LogP contribution in [-0.4, -0.2) is 38.7 Å². The zero-order valence-corrected chi connectivity index (χ0v) is 22.7. The summed E-state index contributed by atoms with van der Waals surface area (Å²) in [6, 6.07) is 14.7. The average molecular weight is 550 g/mol. The van der Waals surface area contributed by atoms with Crippen LogP contribution in [0.3, 0.4) is 0 Å². The fraction of sp³-hybridized carbons (Fsp3) is 0.367. The van der Waals surface area contributed by atoms with Gasteiger partial charge in [0, 0.05) is 22.2 Å².